The summed E-state index contributed by atoms with van der Waals surface area (Å²) in [6, 6.07) is 0.218. The maximum Gasteiger partial charge on any atom is 0.220 e. The molecule has 2 amide bonds. The molecule has 116 valence electrons. The first-order valence-corrected chi connectivity index (χ1v) is 7.59. The van der Waals surface area contributed by atoms with Gasteiger partial charge >= 0.3 is 0 Å². The molecule has 1 heterocycles. The Hall–Kier alpha value is -1.10. The van der Waals surface area contributed by atoms with E-state index in [-0.39, 0.29) is 23.3 Å². The molecular weight excluding hydrogens is 254 g/mol. The smallest absolute Gasteiger partial charge is 0.220 e. The van der Waals surface area contributed by atoms with Crippen molar-refractivity contribution < 1.29 is 9.59 Å². The topological polar surface area (TPSA) is 75.4 Å². The largest absolute Gasteiger partial charge is 0.353 e. The molecular formula is C15H29N3O2. The van der Waals surface area contributed by atoms with Crippen molar-refractivity contribution in [1.29, 1.82) is 0 Å². The molecule has 1 aliphatic heterocycles. The highest BCUT2D eigenvalue weighted by molar-refractivity contribution is 5.76. The average Bonchev–Trinajstić information content (AvgIpc) is 2.37. The van der Waals surface area contributed by atoms with Crippen LogP contribution in [0.1, 0.15) is 52.9 Å². The molecule has 1 rings (SSSR count). The molecule has 5 heteroatoms. The summed E-state index contributed by atoms with van der Waals surface area (Å²) < 4.78 is 0. The first-order chi connectivity index (χ1) is 9.34. The lowest BCUT2D eigenvalue weighted by molar-refractivity contribution is -0.130. The van der Waals surface area contributed by atoms with Crippen LogP contribution in [-0.2, 0) is 9.59 Å². The molecule has 0 saturated carbocycles. The molecule has 0 aromatic heterocycles. The SMILES string of the molecule is CC(=O)N1CCC(NC(=O)CCC(C)(C)CCN)CC1. The van der Waals surface area contributed by atoms with Gasteiger partial charge in [-0.1, -0.05) is 13.8 Å². The predicted octanol–water partition coefficient (Wildman–Crippen LogP) is 1.27. The average molecular weight is 283 g/mol. The summed E-state index contributed by atoms with van der Waals surface area (Å²) in [6.45, 7) is 8.06. The number of nitrogens with one attached hydrogen (secondary N) is 1. The van der Waals surface area contributed by atoms with Crippen LogP contribution in [0.15, 0.2) is 0 Å². The molecule has 0 unspecified atom stereocenters. The monoisotopic (exact) mass is 283 g/mol. The zero-order chi connectivity index (χ0) is 15.2. The van der Waals surface area contributed by atoms with Crippen LogP contribution >= 0.6 is 0 Å². The Morgan fingerprint density at radius 1 is 1.25 bits per heavy atom. The van der Waals surface area contributed by atoms with E-state index in [0.717, 1.165) is 38.8 Å². The van der Waals surface area contributed by atoms with Crippen LogP contribution in [-0.4, -0.2) is 42.4 Å². The second-order valence-electron chi connectivity index (χ2n) is 6.55. The zero-order valence-corrected chi connectivity index (χ0v) is 13.1. The van der Waals surface area contributed by atoms with Crippen LogP contribution in [0, 0.1) is 5.41 Å². The quantitative estimate of drug-likeness (QED) is 0.771. The van der Waals surface area contributed by atoms with Gasteiger partial charge < -0.3 is 16.0 Å². The van der Waals surface area contributed by atoms with Gasteiger partial charge in [-0.05, 0) is 37.6 Å². The third-order valence-corrected chi connectivity index (χ3v) is 4.16. The fourth-order valence-electron chi connectivity index (χ4n) is 2.61. The van der Waals surface area contributed by atoms with Gasteiger partial charge in [0.15, 0.2) is 0 Å². The lowest BCUT2D eigenvalue weighted by Crippen LogP contribution is -2.46. The van der Waals surface area contributed by atoms with Crippen molar-refractivity contribution in [3.8, 4) is 0 Å². The number of nitrogens with zero attached hydrogens (tertiary/aromatic N) is 1. The molecule has 0 spiro atoms. The van der Waals surface area contributed by atoms with Crippen LogP contribution in [0.3, 0.4) is 0 Å². The molecule has 1 aliphatic rings. The van der Waals surface area contributed by atoms with Gasteiger partial charge in [-0.2, -0.15) is 0 Å². The molecule has 0 atom stereocenters. The Bertz CT molecular complexity index is 334. The van der Waals surface area contributed by atoms with Gasteiger partial charge in [-0.3, -0.25) is 9.59 Å². The van der Waals surface area contributed by atoms with E-state index in [0.29, 0.717) is 13.0 Å². The van der Waals surface area contributed by atoms with E-state index < -0.39 is 0 Å². The Labute approximate surface area is 122 Å². The van der Waals surface area contributed by atoms with E-state index in [1.165, 1.54) is 0 Å². The minimum absolute atomic E-state index is 0.122. The molecule has 0 aliphatic carbocycles. The number of nitrogens with two attached hydrogens (primary N) is 1. The van der Waals surface area contributed by atoms with E-state index in [9.17, 15) is 9.59 Å². The minimum Gasteiger partial charge on any atom is -0.353 e. The van der Waals surface area contributed by atoms with Gasteiger partial charge in [0, 0.05) is 32.5 Å². The van der Waals surface area contributed by atoms with Crippen molar-refractivity contribution in [1.82, 2.24) is 10.2 Å². The highest BCUT2D eigenvalue weighted by Gasteiger charge is 2.23. The van der Waals surface area contributed by atoms with Crippen molar-refractivity contribution in [2.24, 2.45) is 11.1 Å². The lowest BCUT2D eigenvalue weighted by atomic mass is 9.84. The summed E-state index contributed by atoms with van der Waals surface area (Å²) in [5.74, 6) is 0.245. The number of hydrogen-bond acceptors (Lipinski definition) is 3. The van der Waals surface area contributed by atoms with Gasteiger partial charge in [0.1, 0.15) is 0 Å². The molecule has 20 heavy (non-hydrogen) atoms. The summed E-state index contributed by atoms with van der Waals surface area (Å²) in [5.41, 5.74) is 5.70. The summed E-state index contributed by atoms with van der Waals surface area (Å²) in [5, 5.41) is 3.08. The Morgan fingerprint density at radius 2 is 1.85 bits per heavy atom. The Balaban J connectivity index is 2.25. The molecule has 3 N–H and O–H groups in total. The molecule has 1 fully saturated rings. The maximum atomic E-state index is 12.0. The Morgan fingerprint density at radius 3 is 2.35 bits per heavy atom. The van der Waals surface area contributed by atoms with E-state index in [2.05, 4.69) is 19.2 Å². The van der Waals surface area contributed by atoms with E-state index in [1.807, 2.05) is 4.90 Å². The normalized spacial score (nSPS) is 17.1. The number of carbonyl (C=O) groups is 2. The van der Waals surface area contributed by atoms with E-state index in [4.69, 9.17) is 5.73 Å². The number of rotatable bonds is 6. The number of piperidine rings is 1. The second-order valence-corrected chi connectivity index (χ2v) is 6.55. The van der Waals surface area contributed by atoms with Crippen molar-refractivity contribution in [2.75, 3.05) is 19.6 Å². The van der Waals surface area contributed by atoms with Crippen molar-refractivity contribution in [2.45, 2.75) is 58.9 Å². The number of likely N-dealkylation sites (tertiary alicyclic amines) is 1. The number of hydrogen-bond donors (Lipinski definition) is 2. The van der Waals surface area contributed by atoms with Gasteiger partial charge in [0.2, 0.25) is 11.8 Å². The molecule has 0 aromatic carbocycles. The van der Waals surface area contributed by atoms with Gasteiger partial charge in [0.05, 0.1) is 0 Å². The summed E-state index contributed by atoms with van der Waals surface area (Å²) in [4.78, 5) is 25.0. The maximum absolute atomic E-state index is 12.0. The lowest BCUT2D eigenvalue weighted by Gasteiger charge is -2.32. The fourth-order valence-corrected chi connectivity index (χ4v) is 2.61. The zero-order valence-electron chi connectivity index (χ0n) is 13.1. The van der Waals surface area contributed by atoms with E-state index >= 15 is 0 Å². The Kier molecular flexibility index (Phi) is 6.46. The molecule has 5 nitrogen and oxygen atoms in total. The van der Waals surface area contributed by atoms with Crippen LogP contribution in [0.4, 0.5) is 0 Å². The summed E-state index contributed by atoms with van der Waals surface area (Å²) in [6.07, 6.45) is 4.08. The minimum atomic E-state index is 0.122. The third kappa shape index (κ3) is 5.90. The van der Waals surface area contributed by atoms with Gasteiger partial charge in [-0.15, -0.1) is 0 Å². The highest BCUT2D eigenvalue weighted by Crippen LogP contribution is 2.25. The van der Waals surface area contributed by atoms with Crippen molar-refractivity contribution >= 4 is 11.8 Å². The molecule has 0 aromatic rings. The summed E-state index contributed by atoms with van der Waals surface area (Å²) >= 11 is 0. The van der Waals surface area contributed by atoms with Crippen LogP contribution in [0.2, 0.25) is 0 Å². The fraction of sp³-hybridized carbons (Fsp3) is 0.867. The van der Waals surface area contributed by atoms with Crippen LogP contribution in [0.25, 0.3) is 0 Å². The van der Waals surface area contributed by atoms with Crippen molar-refractivity contribution in [3.63, 3.8) is 0 Å². The van der Waals surface area contributed by atoms with Crippen molar-refractivity contribution in [3.05, 3.63) is 0 Å². The molecule has 1 saturated heterocycles. The standard InChI is InChI=1S/C15H29N3O2/c1-12(19)18-10-5-13(6-11-18)17-14(20)4-7-15(2,3)8-9-16/h13H,4-11,16H2,1-3H3,(H,17,20). The second kappa shape index (κ2) is 7.62. The third-order valence-electron chi connectivity index (χ3n) is 4.16. The first kappa shape index (κ1) is 17.0. The van der Waals surface area contributed by atoms with Gasteiger partial charge in [0.25, 0.3) is 0 Å². The molecule has 0 bridgehead atoms. The van der Waals surface area contributed by atoms with Crippen LogP contribution < -0.4 is 11.1 Å². The van der Waals surface area contributed by atoms with E-state index in [1.54, 1.807) is 6.92 Å². The van der Waals surface area contributed by atoms with Gasteiger partial charge in [-0.25, -0.2) is 0 Å². The van der Waals surface area contributed by atoms with Crippen LogP contribution in [0.5, 0.6) is 0 Å². The first-order valence-electron chi connectivity index (χ1n) is 7.59. The summed E-state index contributed by atoms with van der Waals surface area (Å²) in [7, 11) is 0. The molecule has 0 radical (unpaired) electrons. The number of amides is 2. The number of carbonyl (C=O) groups excluding carboxylic acids is 2. The predicted molar refractivity (Wildman–Crippen MR) is 80.1 cm³/mol. The highest BCUT2D eigenvalue weighted by atomic mass is 16.2.